The number of rotatable bonds is 0. The summed E-state index contributed by atoms with van der Waals surface area (Å²) in [7, 11) is 0. The molecule has 0 fully saturated rings. The minimum atomic E-state index is 0. The van der Waals surface area contributed by atoms with Crippen LogP contribution in [0.4, 0.5) is 0 Å². The summed E-state index contributed by atoms with van der Waals surface area (Å²) in [5, 5.41) is 0. The molecule has 0 amide bonds. The Morgan fingerprint density at radius 1 is 1.00 bits per heavy atom. The molecule has 0 aromatic carbocycles. The van der Waals surface area contributed by atoms with Crippen molar-refractivity contribution < 1.29 is 0 Å². The van der Waals surface area contributed by atoms with E-state index in [1.165, 1.54) is 0 Å². The Labute approximate surface area is 52.7 Å². The molecule has 0 bridgehead atoms. The van der Waals surface area contributed by atoms with Crippen LogP contribution in [0.5, 0.6) is 0 Å². The molecule has 5 heavy (non-hydrogen) atoms. The summed E-state index contributed by atoms with van der Waals surface area (Å²) in [6, 6.07) is 0. The Morgan fingerprint density at radius 2 is 1.00 bits per heavy atom. The molecule has 0 aliphatic heterocycles. The fourth-order valence-electron chi connectivity index (χ4n) is 0. The molecule has 0 spiro atoms. The molecule has 0 aliphatic rings. The Morgan fingerprint density at radius 3 is 1.00 bits per heavy atom. The summed E-state index contributed by atoms with van der Waals surface area (Å²) in [5.41, 5.74) is 0. The van der Waals surface area contributed by atoms with E-state index in [0.717, 1.165) is 5.92 Å². The molecule has 32 valence electrons. The van der Waals surface area contributed by atoms with Crippen molar-refractivity contribution in [3.8, 4) is 0 Å². The normalized spacial score (nSPS) is 7.20. The maximum absolute atomic E-state index is 2.17. The predicted octanol–water partition coefficient (Wildman–Crippen LogP) is 0.478. The van der Waals surface area contributed by atoms with E-state index in [-0.39, 0.29) is 25.8 Å². The van der Waals surface area contributed by atoms with Gasteiger partial charge in [-0.25, -0.2) is 0 Å². The molecular formula is C4H13In. The van der Waals surface area contributed by atoms with E-state index in [1.807, 2.05) is 0 Å². The summed E-state index contributed by atoms with van der Waals surface area (Å²) in [4.78, 5) is 0. The second-order valence-electron chi connectivity index (χ2n) is 1.73. The molecule has 0 nitrogen and oxygen atoms in total. The van der Waals surface area contributed by atoms with Crippen molar-refractivity contribution in [3.63, 3.8) is 0 Å². The first-order valence-electron chi connectivity index (χ1n) is 1.73. The van der Waals surface area contributed by atoms with Crippen molar-refractivity contribution in [2.75, 3.05) is 0 Å². The summed E-state index contributed by atoms with van der Waals surface area (Å²) in [6.45, 7) is 6.50. The van der Waals surface area contributed by atoms with Crippen LogP contribution in [0, 0.1) is 5.92 Å². The topological polar surface area (TPSA) is 0 Å². The quantitative estimate of drug-likeness (QED) is 0.503. The van der Waals surface area contributed by atoms with Crippen LogP contribution >= 0.6 is 0 Å². The Balaban J connectivity index is 0. The van der Waals surface area contributed by atoms with Crippen LogP contribution < -0.4 is 0 Å². The Hall–Kier alpha value is 0.870. The van der Waals surface area contributed by atoms with Gasteiger partial charge in [-0.3, -0.25) is 0 Å². The summed E-state index contributed by atoms with van der Waals surface area (Å²) in [6.07, 6.45) is 0. The van der Waals surface area contributed by atoms with Crippen LogP contribution in [0.3, 0.4) is 0 Å². The van der Waals surface area contributed by atoms with Crippen molar-refractivity contribution in [3.05, 3.63) is 0 Å². The number of hydrogen-bond acceptors (Lipinski definition) is 0. The Bertz CT molecular complexity index is 8.36. The monoisotopic (exact) mass is 176 g/mol. The first-order valence-corrected chi connectivity index (χ1v) is 1.73. The average molecular weight is 176 g/mol. The molecule has 0 rings (SSSR count). The van der Waals surface area contributed by atoms with E-state index in [1.54, 1.807) is 0 Å². The average Bonchev–Trinajstić information content (AvgIpc) is 0.811. The van der Waals surface area contributed by atoms with E-state index in [0.29, 0.717) is 0 Å². The van der Waals surface area contributed by atoms with Gasteiger partial charge in [0, 0.05) is 0 Å². The van der Waals surface area contributed by atoms with Crippen molar-refractivity contribution in [1.29, 1.82) is 0 Å². The van der Waals surface area contributed by atoms with Gasteiger partial charge in [-0.15, -0.1) is 0 Å². The summed E-state index contributed by atoms with van der Waals surface area (Å²) >= 11 is 0. The van der Waals surface area contributed by atoms with Gasteiger partial charge in [0.05, 0.1) is 0 Å². The van der Waals surface area contributed by atoms with Gasteiger partial charge >= 0.3 is 25.8 Å². The van der Waals surface area contributed by atoms with E-state index in [4.69, 9.17) is 0 Å². The van der Waals surface area contributed by atoms with Crippen LogP contribution in [0.2, 0.25) is 0 Å². The van der Waals surface area contributed by atoms with E-state index in [2.05, 4.69) is 20.8 Å². The predicted molar refractivity (Wildman–Crippen MR) is 30.5 cm³/mol. The van der Waals surface area contributed by atoms with Crippen molar-refractivity contribution in [2.24, 2.45) is 5.92 Å². The Kier molecular flexibility index (Phi) is 9.05. The van der Waals surface area contributed by atoms with Gasteiger partial charge in [0.25, 0.3) is 0 Å². The zero-order valence-corrected chi connectivity index (χ0v) is 3.58. The third-order valence-corrected chi connectivity index (χ3v) is 0. The summed E-state index contributed by atoms with van der Waals surface area (Å²) in [5.74, 6) is 0.833. The van der Waals surface area contributed by atoms with Gasteiger partial charge in [-0.1, -0.05) is 20.8 Å². The molecular weight excluding hydrogens is 163 g/mol. The zero-order valence-electron chi connectivity index (χ0n) is 3.58. The van der Waals surface area contributed by atoms with Gasteiger partial charge in [-0.05, 0) is 5.92 Å². The first-order chi connectivity index (χ1) is 1.73. The molecule has 0 atom stereocenters. The van der Waals surface area contributed by atoms with Gasteiger partial charge in [0.1, 0.15) is 0 Å². The van der Waals surface area contributed by atoms with Crippen LogP contribution in [-0.4, -0.2) is 25.8 Å². The van der Waals surface area contributed by atoms with Crippen LogP contribution in [0.1, 0.15) is 20.8 Å². The van der Waals surface area contributed by atoms with Gasteiger partial charge in [0.15, 0.2) is 0 Å². The van der Waals surface area contributed by atoms with E-state index in [9.17, 15) is 0 Å². The first kappa shape index (κ1) is 9.30. The number of hydrogen-bond donors (Lipinski definition) is 0. The van der Waals surface area contributed by atoms with Gasteiger partial charge < -0.3 is 0 Å². The van der Waals surface area contributed by atoms with Crippen LogP contribution in [-0.2, 0) is 0 Å². The molecule has 0 heterocycles. The second kappa shape index (κ2) is 4.87. The maximum atomic E-state index is 2.17. The second-order valence-corrected chi connectivity index (χ2v) is 1.73. The van der Waals surface area contributed by atoms with Crippen molar-refractivity contribution in [2.45, 2.75) is 20.8 Å². The SMILES string of the molecule is CC(C)C.[InH3]. The molecule has 1 heteroatoms. The zero-order chi connectivity index (χ0) is 3.58. The fourth-order valence-corrected chi connectivity index (χ4v) is 0. The molecule has 0 aliphatic carbocycles. The van der Waals surface area contributed by atoms with Crippen LogP contribution in [0.15, 0.2) is 0 Å². The minimum absolute atomic E-state index is 0. The molecule has 0 N–H and O–H groups in total. The molecule has 0 aromatic rings. The molecule has 0 saturated heterocycles. The molecule has 0 saturated carbocycles. The van der Waals surface area contributed by atoms with E-state index < -0.39 is 0 Å². The van der Waals surface area contributed by atoms with Crippen molar-refractivity contribution >= 4 is 25.8 Å². The van der Waals surface area contributed by atoms with E-state index >= 15 is 0 Å². The third-order valence-electron chi connectivity index (χ3n) is 0. The standard InChI is InChI=1S/C4H10.In.3H/c1-4(2)3;;;;/h4H,1-3H3;;;;. The fraction of sp³-hybridized carbons (Fsp3) is 1.00. The summed E-state index contributed by atoms with van der Waals surface area (Å²) < 4.78 is 0. The molecule has 0 aromatic heterocycles. The van der Waals surface area contributed by atoms with Gasteiger partial charge in [-0.2, -0.15) is 0 Å². The van der Waals surface area contributed by atoms with Gasteiger partial charge in [0.2, 0.25) is 0 Å². The molecule has 0 unspecified atom stereocenters. The third kappa shape index (κ3) is 53.0. The van der Waals surface area contributed by atoms with Crippen molar-refractivity contribution in [1.82, 2.24) is 0 Å². The van der Waals surface area contributed by atoms with Crippen LogP contribution in [0.25, 0.3) is 0 Å². The molecule has 0 radical (unpaired) electrons.